The first-order chi connectivity index (χ1) is 10.3. The van der Waals surface area contributed by atoms with E-state index in [0.29, 0.717) is 6.61 Å². The molecule has 1 aromatic heterocycles. The van der Waals surface area contributed by atoms with Crippen molar-refractivity contribution in [2.45, 2.75) is 32.6 Å². The van der Waals surface area contributed by atoms with Gasteiger partial charge in [-0.3, -0.25) is 0 Å². The molecule has 0 aliphatic carbocycles. The first kappa shape index (κ1) is 16.0. The van der Waals surface area contributed by atoms with Gasteiger partial charge in [0.1, 0.15) is 5.75 Å². The molecule has 2 aromatic rings. The van der Waals surface area contributed by atoms with Crippen LogP contribution in [0, 0.1) is 0 Å². The SMILES string of the molecule is CCCCCCOc1ccc2nc(NCCOC)sc2c1. The molecule has 116 valence electrons. The zero-order valence-corrected chi connectivity index (χ0v) is 13.7. The Kier molecular flexibility index (Phi) is 6.76. The van der Waals surface area contributed by atoms with Crippen LogP contribution in [0.3, 0.4) is 0 Å². The molecule has 0 saturated carbocycles. The molecule has 0 fully saturated rings. The molecule has 5 heteroatoms. The van der Waals surface area contributed by atoms with E-state index in [1.807, 2.05) is 12.1 Å². The van der Waals surface area contributed by atoms with E-state index in [2.05, 4.69) is 23.3 Å². The number of nitrogens with zero attached hydrogens (tertiary/aromatic N) is 1. The first-order valence-corrected chi connectivity index (χ1v) is 8.41. The third-order valence-corrected chi connectivity index (χ3v) is 4.18. The topological polar surface area (TPSA) is 43.4 Å². The van der Waals surface area contributed by atoms with Crippen molar-refractivity contribution in [1.82, 2.24) is 4.98 Å². The minimum Gasteiger partial charge on any atom is -0.494 e. The number of nitrogens with one attached hydrogen (secondary N) is 1. The zero-order chi connectivity index (χ0) is 14.9. The number of hydrogen-bond acceptors (Lipinski definition) is 5. The molecule has 2 rings (SSSR count). The van der Waals surface area contributed by atoms with Crippen LogP contribution in [0.5, 0.6) is 5.75 Å². The van der Waals surface area contributed by atoms with E-state index in [1.165, 1.54) is 19.3 Å². The van der Waals surface area contributed by atoms with E-state index in [9.17, 15) is 0 Å². The van der Waals surface area contributed by atoms with Gasteiger partial charge in [-0.25, -0.2) is 4.98 Å². The number of anilines is 1. The summed E-state index contributed by atoms with van der Waals surface area (Å²) in [5.41, 5.74) is 1.01. The third-order valence-electron chi connectivity index (χ3n) is 3.21. The molecule has 0 atom stereocenters. The van der Waals surface area contributed by atoms with Gasteiger partial charge >= 0.3 is 0 Å². The van der Waals surface area contributed by atoms with E-state index in [4.69, 9.17) is 9.47 Å². The van der Waals surface area contributed by atoms with Crippen LogP contribution < -0.4 is 10.1 Å². The van der Waals surface area contributed by atoms with Gasteiger partial charge in [0, 0.05) is 13.7 Å². The minimum absolute atomic E-state index is 0.683. The quantitative estimate of drug-likeness (QED) is 0.664. The van der Waals surface area contributed by atoms with Crippen molar-refractivity contribution in [3.8, 4) is 5.75 Å². The second-order valence-electron chi connectivity index (χ2n) is 4.98. The molecule has 21 heavy (non-hydrogen) atoms. The fourth-order valence-electron chi connectivity index (χ4n) is 2.05. The van der Waals surface area contributed by atoms with Gasteiger partial charge in [-0.05, 0) is 24.6 Å². The number of ether oxygens (including phenoxy) is 2. The standard InChI is InChI=1S/C16H24N2O2S/c1-3-4-5-6-10-20-13-7-8-14-15(12-13)21-16(18-14)17-9-11-19-2/h7-8,12H,3-6,9-11H2,1-2H3,(H,17,18). The lowest BCUT2D eigenvalue weighted by atomic mass is 10.2. The van der Waals surface area contributed by atoms with Crippen LogP contribution in [-0.2, 0) is 4.74 Å². The minimum atomic E-state index is 0.683. The molecule has 0 radical (unpaired) electrons. The normalized spacial score (nSPS) is 11.0. The Labute approximate surface area is 130 Å². The highest BCUT2D eigenvalue weighted by Gasteiger charge is 2.05. The molecule has 0 bridgehead atoms. The van der Waals surface area contributed by atoms with Gasteiger partial charge in [0.25, 0.3) is 0 Å². The molecular weight excluding hydrogens is 284 g/mol. The number of rotatable bonds is 10. The largest absolute Gasteiger partial charge is 0.494 e. The number of hydrogen-bond donors (Lipinski definition) is 1. The molecule has 0 aliphatic heterocycles. The van der Waals surface area contributed by atoms with E-state index >= 15 is 0 Å². The summed E-state index contributed by atoms with van der Waals surface area (Å²) in [6.07, 6.45) is 4.91. The number of benzene rings is 1. The highest BCUT2D eigenvalue weighted by molar-refractivity contribution is 7.22. The lowest BCUT2D eigenvalue weighted by Crippen LogP contribution is -2.06. The maximum absolute atomic E-state index is 5.81. The van der Waals surface area contributed by atoms with Crippen molar-refractivity contribution in [1.29, 1.82) is 0 Å². The Morgan fingerprint density at radius 1 is 1.19 bits per heavy atom. The van der Waals surface area contributed by atoms with E-state index in [1.54, 1.807) is 18.4 Å². The maximum Gasteiger partial charge on any atom is 0.183 e. The maximum atomic E-state index is 5.81. The number of unbranched alkanes of at least 4 members (excludes halogenated alkanes) is 3. The highest BCUT2D eigenvalue weighted by Crippen LogP contribution is 2.29. The molecule has 0 amide bonds. The Bertz CT molecular complexity index is 542. The van der Waals surface area contributed by atoms with Crippen LogP contribution in [0.1, 0.15) is 32.6 Å². The molecular formula is C16H24N2O2S. The summed E-state index contributed by atoms with van der Waals surface area (Å²) in [5, 5.41) is 4.19. The average Bonchev–Trinajstić information content (AvgIpc) is 2.89. The Morgan fingerprint density at radius 2 is 2.10 bits per heavy atom. The van der Waals surface area contributed by atoms with E-state index in [-0.39, 0.29) is 0 Å². The first-order valence-electron chi connectivity index (χ1n) is 7.59. The van der Waals surface area contributed by atoms with Crippen molar-refractivity contribution in [3.63, 3.8) is 0 Å². The number of methoxy groups -OCH3 is 1. The molecule has 0 spiro atoms. The van der Waals surface area contributed by atoms with Gasteiger partial charge in [0.2, 0.25) is 0 Å². The molecule has 0 unspecified atom stereocenters. The van der Waals surface area contributed by atoms with Crippen molar-refractivity contribution >= 4 is 26.7 Å². The van der Waals surface area contributed by atoms with Crippen molar-refractivity contribution in [2.24, 2.45) is 0 Å². The summed E-state index contributed by atoms with van der Waals surface area (Å²) in [6, 6.07) is 6.10. The summed E-state index contributed by atoms with van der Waals surface area (Å²) < 4.78 is 12.0. The number of aromatic nitrogens is 1. The number of thiazole rings is 1. The average molecular weight is 308 g/mol. The highest BCUT2D eigenvalue weighted by atomic mass is 32.1. The molecule has 1 N–H and O–H groups in total. The van der Waals surface area contributed by atoms with Crippen LogP contribution in [0.2, 0.25) is 0 Å². The van der Waals surface area contributed by atoms with Crippen LogP contribution in [-0.4, -0.2) is 31.9 Å². The van der Waals surface area contributed by atoms with Crippen molar-refractivity contribution < 1.29 is 9.47 Å². The second kappa shape index (κ2) is 8.85. The van der Waals surface area contributed by atoms with Gasteiger partial charge in [-0.1, -0.05) is 37.5 Å². The summed E-state index contributed by atoms with van der Waals surface area (Å²) in [5.74, 6) is 0.936. The van der Waals surface area contributed by atoms with Crippen molar-refractivity contribution in [2.75, 3.05) is 32.2 Å². The van der Waals surface area contributed by atoms with Crippen LogP contribution >= 0.6 is 11.3 Å². The lowest BCUT2D eigenvalue weighted by Gasteiger charge is -2.05. The van der Waals surface area contributed by atoms with Gasteiger partial charge in [-0.2, -0.15) is 0 Å². The Hall–Kier alpha value is -1.33. The molecule has 1 heterocycles. The Balaban J connectivity index is 1.88. The smallest absolute Gasteiger partial charge is 0.183 e. The van der Waals surface area contributed by atoms with Gasteiger partial charge < -0.3 is 14.8 Å². The van der Waals surface area contributed by atoms with Gasteiger partial charge in [0.05, 0.1) is 23.4 Å². The van der Waals surface area contributed by atoms with E-state index < -0.39 is 0 Å². The van der Waals surface area contributed by atoms with Gasteiger partial charge in [0.15, 0.2) is 5.13 Å². The molecule has 4 nitrogen and oxygen atoms in total. The summed E-state index contributed by atoms with van der Waals surface area (Å²) in [4.78, 5) is 4.54. The lowest BCUT2D eigenvalue weighted by molar-refractivity contribution is 0.211. The monoisotopic (exact) mass is 308 g/mol. The summed E-state index contributed by atoms with van der Waals surface area (Å²) in [6.45, 7) is 4.47. The third kappa shape index (κ3) is 5.17. The zero-order valence-electron chi connectivity index (χ0n) is 12.9. The second-order valence-corrected chi connectivity index (χ2v) is 6.01. The fraction of sp³-hybridized carbons (Fsp3) is 0.562. The predicted octanol–water partition coefficient (Wildman–Crippen LogP) is 4.31. The predicted molar refractivity (Wildman–Crippen MR) is 89.6 cm³/mol. The van der Waals surface area contributed by atoms with Crippen LogP contribution in [0.25, 0.3) is 10.2 Å². The molecule has 1 aromatic carbocycles. The summed E-state index contributed by atoms with van der Waals surface area (Å²) in [7, 11) is 1.70. The molecule has 0 saturated heterocycles. The summed E-state index contributed by atoms with van der Waals surface area (Å²) >= 11 is 1.65. The van der Waals surface area contributed by atoms with Crippen molar-refractivity contribution in [3.05, 3.63) is 18.2 Å². The fourth-order valence-corrected chi connectivity index (χ4v) is 2.97. The number of fused-ring (bicyclic) bond motifs is 1. The van der Waals surface area contributed by atoms with Crippen LogP contribution in [0.15, 0.2) is 18.2 Å². The van der Waals surface area contributed by atoms with Crippen LogP contribution in [0.4, 0.5) is 5.13 Å². The molecule has 0 aliphatic rings. The van der Waals surface area contributed by atoms with Gasteiger partial charge in [-0.15, -0.1) is 0 Å². The Morgan fingerprint density at radius 3 is 2.90 bits per heavy atom. The van der Waals surface area contributed by atoms with E-state index in [0.717, 1.165) is 40.7 Å².